The van der Waals surface area contributed by atoms with Crippen molar-refractivity contribution in [3.8, 4) is 0 Å². The van der Waals surface area contributed by atoms with E-state index in [1.807, 2.05) is 41.1 Å². The minimum Gasteiger partial charge on any atom is -0.307 e. The molecule has 0 atom stereocenters. The molecule has 0 N–H and O–H groups in total. The van der Waals surface area contributed by atoms with Crippen LogP contribution in [0.15, 0.2) is 59.8 Å². The van der Waals surface area contributed by atoms with Gasteiger partial charge in [-0.25, -0.2) is 9.37 Å². The van der Waals surface area contributed by atoms with Gasteiger partial charge in [0.05, 0.1) is 5.69 Å². The maximum atomic E-state index is 13.5. The van der Waals surface area contributed by atoms with Crippen LogP contribution in [0, 0.1) is 5.82 Å². The Bertz CT molecular complexity index is 645. The van der Waals surface area contributed by atoms with Crippen LogP contribution < -0.4 is 0 Å². The van der Waals surface area contributed by atoms with Crippen LogP contribution in [0.5, 0.6) is 0 Å². The van der Waals surface area contributed by atoms with E-state index in [1.165, 1.54) is 17.8 Å². The lowest BCUT2D eigenvalue weighted by Gasteiger charge is -1.99. The van der Waals surface area contributed by atoms with Crippen LogP contribution in [-0.4, -0.2) is 9.38 Å². The second-order valence-corrected chi connectivity index (χ2v) is 4.93. The van der Waals surface area contributed by atoms with E-state index in [2.05, 4.69) is 4.98 Å². The fraction of sp³-hybridized carbons (Fsp3) is 0.0714. The van der Waals surface area contributed by atoms with Gasteiger partial charge in [0.15, 0.2) is 0 Å². The zero-order chi connectivity index (χ0) is 12.4. The molecule has 1 aromatic carbocycles. The molecule has 0 unspecified atom stereocenters. The van der Waals surface area contributed by atoms with Crippen molar-refractivity contribution in [1.29, 1.82) is 0 Å². The normalized spacial score (nSPS) is 10.9. The van der Waals surface area contributed by atoms with Crippen molar-refractivity contribution in [2.45, 2.75) is 10.6 Å². The molecule has 0 fully saturated rings. The number of nitrogens with zero attached hydrogens (tertiary/aromatic N) is 2. The van der Waals surface area contributed by atoms with Crippen LogP contribution in [-0.2, 0) is 5.75 Å². The molecule has 18 heavy (non-hydrogen) atoms. The molecular weight excluding hydrogens is 247 g/mol. The lowest BCUT2D eigenvalue weighted by molar-refractivity contribution is 0.602. The molecule has 0 radical (unpaired) electrons. The highest BCUT2D eigenvalue weighted by atomic mass is 32.2. The standard InChI is InChI=1S/C14H11FN2S/c15-12-5-1-2-6-13(12)18-10-11-9-17-8-4-3-7-14(17)16-11/h1-9H,10H2. The van der Waals surface area contributed by atoms with Crippen LogP contribution in [0.3, 0.4) is 0 Å². The second-order valence-electron chi connectivity index (χ2n) is 3.92. The smallest absolute Gasteiger partial charge is 0.137 e. The van der Waals surface area contributed by atoms with Crippen molar-refractivity contribution in [2.24, 2.45) is 0 Å². The summed E-state index contributed by atoms with van der Waals surface area (Å²) < 4.78 is 15.4. The van der Waals surface area contributed by atoms with Gasteiger partial charge in [-0.05, 0) is 24.3 Å². The molecule has 0 saturated heterocycles. The maximum Gasteiger partial charge on any atom is 0.137 e. The highest BCUT2D eigenvalue weighted by Gasteiger charge is 2.04. The van der Waals surface area contributed by atoms with E-state index in [-0.39, 0.29) is 5.82 Å². The Morgan fingerprint density at radius 3 is 2.78 bits per heavy atom. The van der Waals surface area contributed by atoms with Gasteiger partial charge >= 0.3 is 0 Å². The predicted molar refractivity (Wildman–Crippen MR) is 71.2 cm³/mol. The number of pyridine rings is 1. The van der Waals surface area contributed by atoms with E-state index in [4.69, 9.17) is 0 Å². The molecule has 4 heteroatoms. The SMILES string of the molecule is Fc1ccccc1SCc1cn2ccccc2n1. The van der Waals surface area contributed by atoms with Crippen molar-refractivity contribution in [2.75, 3.05) is 0 Å². The summed E-state index contributed by atoms with van der Waals surface area (Å²) >= 11 is 1.46. The van der Waals surface area contributed by atoms with Crippen molar-refractivity contribution in [3.05, 3.63) is 66.4 Å². The van der Waals surface area contributed by atoms with E-state index in [0.29, 0.717) is 10.6 Å². The summed E-state index contributed by atoms with van der Waals surface area (Å²) in [4.78, 5) is 5.14. The largest absolute Gasteiger partial charge is 0.307 e. The third-order valence-electron chi connectivity index (χ3n) is 2.63. The zero-order valence-electron chi connectivity index (χ0n) is 9.58. The summed E-state index contributed by atoms with van der Waals surface area (Å²) in [6, 6.07) is 12.7. The van der Waals surface area contributed by atoms with Gasteiger partial charge in [0.1, 0.15) is 11.5 Å². The highest BCUT2D eigenvalue weighted by molar-refractivity contribution is 7.98. The van der Waals surface area contributed by atoms with Crippen LogP contribution in [0.25, 0.3) is 5.65 Å². The van der Waals surface area contributed by atoms with Crippen LogP contribution in [0.2, 0.25) is 0 Å². The molecule has 2 nitrogen and oxygen atoms in total. The topological polar surface area (TPSA) is 17.3 Å². The molecular formula is C14H11FN2S. The van der Waals surface area contributed by atoms with E-state index >= 15 is 0 Å². The van der Waals surface area contributed by atoms with Crippen LogP contribution in [0.4, 0.5) is 4.39 Å². The number of halogens is 1. The molecule has 0 saturated carbocycles. The number of imidazole rings is 1. The Balaban J connectivity index is 1.79. The summed E-state index contributed by atoms with van der Waals surface area (Å²) in [6.07, 6.45) is 3.93. The minimum atomic E-state index is -0.175. The molecule has 0 aliphatic carbocycles. The molecule has 0 aliphatic heterocycles. The molecule has 2 aromatic heterocycles. The second kappa shape index (κ2) is 4.82. The lowest BCUT2D eigenvalue weighted by Crippen LogP contribution is -1.83. The van der Waals surface area contributed by atoms with Gasteiger partial charge in [0.2, 0.25) is 0 Å². The summed E-state index contributed by atoms with van der Waals surface area (Å²) in [6.45, 7) is 0. The summed E-state index contributed by atoms with van der Waals surface area (Å²) in [5, 5.41) is 0. The number of aromatic nitrogens is 2. The van der Waals surface area contributed by atoms with Crippen molar-refractivity contribution in [1.82, 2.24) is 9.38 Å². The Morgan fingerprint density at radius 2 is 1.94 bits per heavy atom. The molecule has 0 bridgehead atoms. The fourth-order valence-corrected chi connectivity index (χ4v) is 2.59. The minimum absolute atomic E-state index is 0.175. The average molecular weight is 258 g/mol. The third-order valence-corrected chi connectivity index (χ3v) is 3.71. The molecule has 0 aliphatic rings. The number of fused-ring (bicyclic) bond motifs is 1. The number of hydrogen-bond donors (Lipinski definition) is 0. The fourth-order valence-electron chi connectivity index (χ4n) is 1.77. The van der Waals surface area contributed by atoms with Gasteiger partial charge in [0, 0.05) is 23.0 Å². The van der Waals surface area contributed by atoms with Crippen molar-refractivity contribution >= 4 is 17.4 Å². The highest BCUT2D eigenvalue weighted by Crippen LogP contribution is 2.24. The molecule has 3 rings (SSSR count). The van der Waals surface area contributed by atoms with Gasteiger partial charge < -0.3 is 4.40 Å². The van der Waals surface area contributed by atoms with E-state index in [1.54, 1.807) is 12.1 Å². The lowest BCUT2D eigenvalue weighted by atomic mass is 10.3. The Hall–Kier alpha value is -1.81. The number of hydrogen-bond acceptors (Lipinski definition) is 2. The van der Waals surface area contributed by atoms with Crippen LogP contribution in [0.1, 0.15) is 5.69 Å². The molecule has 0 spiro atoms. The maximum absolute atomic E-state index is 13.5. The van der Waals surface area contributed by atoms with Crippen LogP contribution >= 0.6 is 11.8 Å². The molecule has 90 valence electrons. The van der Waals surface area contributed by atoms with Gasteiger partial charge in [-0.15, -0.1) is 11.8 Å². The number of rotatable bonds is 3. The quantitative estimate of drug-likeness (QED) is 0.665. The van der Waals surface area contributed by atoms with E-state index in [0.717, 1.165) is 11.3 Å². The van der Waals surface area contributed by atoms with Gasteiger partial charge in [-0.2, -0.15) is 0 Å². The third kappa shape index (κ3) is 2.24. The summed E-state index contributed by atoms with van der Waals surface area (Å²) in [5.41, 5.74) is 1.87. The first-order chi connectivity index (χ1) is 8.83. The zero-order valence-corrected chi connectivity index (χ0v) is 10.4. The monoisotopic (exact) mass is 258 g/mol. The van der Waals surface area contributed by atoms with E-state index < -0.39 is 0 Å². The Kier molecular flexibility index (Phi) is 3.02. The van der Waals surface area contributed by atoms with Crippen molar-refractivity contribution in [3.63, 3.8) is 0 Å². The average Bonchev–Trinajstić information content (AvgIpc) is 2.80. The number of benzene rings is 1. The predicted octanol–water partition coefficient (Wildman–Crippen LogP) is 3.77. The summed E-state index contributed by atoms with van der Waals surface area (Å²) in [7, 11) is 0. The first-order valence-corrected chi connectivity index (χ1v) is 6.61. The summed E-state index contributed by atoms with van der Waals surface area (Å²) in [5.74, 6) is 0.495. The molecule has 0 amide bonds. The Morgan fingerprint density at radius 1 is 1.11 bits per heavy atom. The van der Waals surface area contributed by atoms with Gasteiger partial charge in [-0.1, -0.05) is 18.2 Å². The van der Waals surface area contributed by atoms with Crippen molar-refractivity contribution < 1.29 is 4.39 Å². The first-order valence-electron chi connectivity index (χ1n) is 5.63. The molecule has 2 heterocycles. The number of thioether (sulfide) groups is 1. The molecule has 3 aromatic rings. The van der Waals surface area contributed by atoms with Gasteiger partial charge in [0.25, 0.3) is 0 Å². The van der Waals surface area contributed by atoms with Gasteiger partial charge in [-0.3, -0.25) is 0 Å². The Labute approximate surface area is 108 Å². The van der Waals surface area contributed by atoms with E-state index in [9.17, 15) is 4.39 Å². The first kappa shape index (κ1) is 11.3.